The second-order valence-electron chi connectivity index (χ2n) is 5.51. The maximum Gasteiger partial charge on any atom is 0.167 e. The Bertz CT molecular complexity index is 641. The van der Waals surface area contributed by atoms with Gasteiger partial charge in [-0.05, 0) is 67.1 Å². The summed E-state index contributed by atoms with van der Waals surface area (Å²) in [6, 6.07) is 13.9. The second-order valence-corrected chi connectivity index (χ2v) is 5.51. The molecular weight excluding hydrogens is 260 g/mol. The fourth-order valence-electron chi connectivity index (χ4n) is 2.93. The van der Waals surface area contributed by atoms with Gasteiger partial charge < -0.3 is 4.74 Å². The SMILES string of the molecule is CCOc1ccc(C(=O)Cc2ccc3c(c2)CCC3)cc1. The van der Waals surface area contributed by atoms with Gasteiger partial charge in [-0.15, -0.1) is 0 Å². The summed E-state index contributed by atoms with van der Waals surface area (Å²) in [7, 11) is 0. The van der Waals surface area contributed by atoms with E-state index in [1.807, 2.05) is 31.2 Å². The summed E-state index contributed by atoms with van der Waals surface area (Å²) in [4.78, 5) is 12.3. The van der Waals surface area contributed by atoms with Gasteiger partial charge in [0.05, 0.1) is 6.61 Å². The molecule has 0 radical (unpaired) electrons. The normalized spacial score (nSPS) is 13.0. The van der Waals surface area contributed by atoms with Crippen molar-refractivity contribution in [2.45, 2.75) is 32.6 Å². The molecule has 0 fully saturated rings. The molecule has 3 rings (SSSR count). The molecule has 0 bridgehead atoms. The smallest absolute Gasteiger partial charge is 0.167 e. The first-order valence-electron chi connectivity index (χ1n) is 7.63. The molecule has 0 N–H and O–H groups in total. The fraction of sp³-hybridized carbons (Fsp3) is 0.316. The van der Waals surface area contributed by atoms with Gasteiger partial charge in [0, 0.05) is 12.0 Å². The van der Waals surface area contributed by atoms with Crippen molar-refractivity contribution in [2.24, 2.45) is 0 Å². The van der Waals surface area contributed by atoms with Crippen LogP contribution in [0.2, 0.25) is 0 Å². The molecule has 2 aromatic rings. The Balaban J connectivity index is 1.71. The van der Waals surface area contributed by atoms with Gasteiger partial charge in [-0.25, -0.2) is 0 Å². The van der Waals surface area contributed by atoms with Crippen molar-refractivity contribution in [1.82, 2.24) is 0 Å². The predicted octanol–water partition coefficient (Wildman–Crippen LogP) is 4.00. The lowest BCUT2D eigenvalue weighted by molar-refractivity contribution is 0.0993. The van der Waals surface area contributed by atoms with Crippen molar-refractivity contribution in [3.05, 3.63) is 64.7 Å². The highest BCUT2D eigenvalue weighted by molar-refractivity contribution is 5.97. The van der Waals surface area contributed by atoms with Crippen molar-refractivity contribution in [3.63, 3.8) is 0 Å². The molecule has 0 saturated carbocycles. The summed E-state index contributed by atoms with van der Waals surface area (Å²) < 4.78 is 5.40. The first-order valence-corrected chi connectivity index (χ1v) is 7.63. The van der Waals surface area contributed by atoms with Crippen LogP contribution in [0, 0.1) is 0 Å². The number of ketones is 1. The van der Waals surface area contributed by atoms with Crippen LogP contribution in [0.3, 0.4) is 0 Å². The number of rotatable bonds is 5. The summed E-state index contributed by atoms with van der Waals surface area (Å²) in [5.41, 5.74) is 4.74. The van der Waals surface area contributed by atoms with Gasteiger partial charge in [-0.2, -0.15) is 0 Å². The molecule has 0 heterocycles. The molecule has 0 atom stereocenters. The molecule has 0 unspecified atom stereocenters. The van der Waals surface area contributed by atoms with Crippen LogP contribution < -0.4 is 4.74 Å². The van der Waals surface area contributed by atoms with Crippen LogP contribution in [0.4, 0.5) is 0 Å². The van der Waals surface area contributed by atoms with Crippen LogP contribution in [-0.2, 0) is 19.3 Å². The minimum Gasteiger partial charge on any atom is -0.494 e. The third-order valence-corrected chi connectivity index (χ3v) is 4.01. The minimum atomic E-state index is 0.163. The molecule has 0 aliphatic heterocycles. The van der Waals surface area contributed by atoms with Gasteiger partial charge >= 0.3 is 0 Å². The largest absolute Gasteiger partial charge is 0.494 e. The Labute approximate surface area is 125 Å². The lowest BCUT2D eigenvalue weighted by atomic mass is 9.99. The lowest BCUT2D eigenvalue weighted by Gasteiger charge is -2.06. The van der Waals surface area contributed by atoms with Crippen molar-refractivity contribution in [1.29, 1.82) is 0 Å². The number of aryl methyl sites for hydroxylation is 2. The van der Waals surface area contributed by atoms with Gasteiger partial charge in [0.25, 0.3) is 0 Å². The van der Waals surface area contributed by atoms with E-state index in [2.05, 4.69) is 18.2 Å². The maximum absolute atomic E-state index is 12.3. The zero-order valence-electron chi connectivity index (χ0n) is 12.4. The standard InChI is InChI=1S/C19H20O2/c1-2-21-18-10-8-16(9-11-18)19(20)13-14-6-7-15-4-3-5-17(15)12-14/h6-12H,2-5,13H2,1H3. The van der Waals surface area contributed by atoms with Gasteiger partial charge in [0.15, 0.2) is 5.78 Å². The Kier molecular flexibility index (Phi) is 4.05. The first kappa shape index (κ1) is 13.9. The van der Waals surface area contributed by atoms with E-state index in [1.54, 1.807) is 0 Å². The summed E-state index contributed by atoms with van der Waals surface area (Å²) in [6.07, 6.45) is 4.05. The van der Waals surface area contributed by atoms with E-state index in [4.69, 9.17) is 4.74 Å². The monoisotopic (exact) mass is 280 g/mol. The number of carbonyl (C=O) groups is 1. The van der Waals surface area contributed by atoms with Crippen LogP contribution in [0.15, 0.2) is 42.5 Å². The highest BCUT2D eigenvalue weighted by atomic mass is 16.5. The predicted molar refractivity (Wildman–Crippen MR) is 84.1 cm³/mol. The number of benzene rings is 2. The summed E-state index contributed by atoms with van der Waals surface area (Å²) >= 11 is 0. The molecule has 1 aliphatic rings. The summed E-state index contributed by atoms with van der Waals surface area (Å²) in [6.45, 7) is 2.59. The Morgan fingerprint density at radius 2 is 1.81 bits per heavy atom. The zero-order chi connectivity index (χ0) is 14.7. The minimum absolute atomic E-state index is 0.163. The number of hydrogen-bond donors (Lipinski definition) is 0. The average molecular weight is 280 g/mol. The van der Waals surface area contributed by atoms with Crippen LogP contribution in [0.5, 0.6) is 5.75 Å². The van der Waals surface area contributed by atoms with E-state index in [-0.39, 0.29) is 5.78 Å². The van der Waals surface area contributed by atoms with E-state index in [1.165, 1.54) is 24.0 Å². The molecule has 0 spiro atoms. The number of hydrogen-bond acceptors (Lipinski definition) is 2. The van der Waals surface area contributed by atoms with Crippen molar-refractivity contribution >= 4 is 5.78 Å². The number of fused-ring (bicyclic) bond motifs is 1. The van der Waals surface area contributed by atoms with E-state index in [9.17, 15) is 4.79 Å². The van der Waals surface area contributed by atoms with Gasteiger partial charge in [-0.3, -0.25) is 4.79 Å². The van der Waals surface area contributed by atoms with Crippen LogP contribution in [0.1, 0.15) is 40.4 Å². The highest BCUT2D eigenvalue weighted by Crippen LogP contribution is 2.23. The summed E-state index contributed by atoms with van der Waals surface area (Å²) in [5.74, 6) is 0.975. The number of Topliss-reactive ketones (excluding diaryl/α,β-unsaturated/α-hetero) is 1. The van der Waals surface area contributed by atoms with Crippen LogP contribution in [0.25, 0.3) is 0 Å². The van der Waals surface area contributed by atoms with Gasteiger partial charge in [-0.1, -0.05) is 18.2 Å². The Hall–Kier alpha value is -2.09. The van der Waals surface area contributed by atoms with E-state index in [0.717, 1.165) is 23.3 Å². The Morgan fingerprint density at radius 3 is 2.57 bits per heavy atom. The fourth-order valence-corrected chi connectivity index (χ4v) is 2.93. The summed E-state index contributed by atoms with van der Waals surface area (Å²) in [5, 5.41) is 0. The molecule has 0 amide bonds. The van der Waals surface area contributed by atoms with Gasteiger partial charge in [0.1, 0.15) is 5.75 Å². The lowest BCUT2D eigenvalue weighted by Crippen LogP contribution is -2.04. The van der Waals surface area contributed by atoms with E-state index >= 15 is 0 Å². The zero-order valence-corrected chi connectivity index (χ0v) is 12.4. The molecule has 0 saturated heterocycles. The van der Waals surface area contributed by atoms with Crippen LogP contribution in [-0.4, -0.2) is 12.4 Å². The molecule has 108 valence electrons. The third kappa shape index (κ3) is 3.15. The topological polar surface area (TPSA) is 26.3 Å². The number of ether oxygens (including phenoxy) is 1. The van der Waals surface area contributed by atoms with Crippen molar-refractivity contribution in [2.75, 3.05) is 6.61 Å². The quantitative estimate of drug-likeness (QED) is 0.774. The van der Waals surface area contributed by atoms with Gasteiger partial charge in [0.2, 0.25) is 0 Å². The van der Waals surface area contributed by atoms with Crippen molar-refractivity contribution < 1.29 is 9.53 Å². The maximum atomic E-state index is 12.3. The molecule has 2 heteroatoms. The van der Waals surface area contributed by atoms with Crippen LogP contribution >= 0.6 is 0 Å². The molecule has 1 aliphatic carbocycles. The third-order valence-electron chi connectivity index (χ3n) is 4.01. The van der Waals surface area contributed by atoms with Crippen molar-refractivity contribution in [3.8, 4) is 5.75 Å². The number of carbonyl (C=O) groups excluding carboxylic acids is 1. The highest BCUT2D eigenvalue weighted by Gasteiger charge is 2.13. The average Bonchev–Trinajstić information content (AvgIpc) is 2.96. The van der Waals surface area contributed by atoms with E-state index < -0.39 is 0 Å². The molecule has 2 nitrogen and oxygen atoms in total. The molecule has 2 aromatic carbocycles. The molecule has 0 aromatic heterocycles. The Morgan fingerprint density at radius 1 is 1.05 bits per heavy atom. The van der Waals surface area contributed by atoms with E-state index in [0.29, 0.717) is 13.0 Å². The first-order chi connectivity index (χ1) is 10.3. The molecule has 21 heavy (non-hydrogen) atoms. The molecular formula is C19H20O2. The second kappa shape index (κ2) is 6.13.